The summed E-state index contributed by atoms with van der Waals surface area (Å²) in [5.74, 6) is 0.566. The molecule has 20 heavy (non-hydrogen) atoms. The molecule has 0 radical (unpaired) electrons. The Bertz CT molecular complexity index is 556. The second-order valence-electron chi connectivity index (χ2n) is 5.00. The first-order valence-corrected chi connectivity index (χ1v) is 6.56. The van der Waals surface area contributed by atoms with Crippen molar-refractivity contribution in [2.24, 2.45) is 0 Å². The minimum atomic E-state index is -0.633. The van der Waals surface area contributed by atoms with Crippen molar-refractivity contribution in [3.05, 3.63) is 42.1 Å². The lowest BCUT2D eigenvalue weighted by Crippen LogP contribution is -2.48. The lowest BCUT2D eigenvalue weighted by molar-refractivity contribution is 0.0817. The number of rotatable bonds is 6. The summed E-state index contributed by atoms with van der Waals surface area (Å²) in [6.45, 7) is 4.06. The van der Waals surface area contributed by atoms with E-state index in [0.717, 1.165) is 0 Å². The largest absolute Gasteiger partial charge is 0.454 e. The van der Waals surface area contributed by atoms with Crippen molar-refractivity contribution < 1.29 is 14.3 Å². The molecule has 2 rings (SSSR count). The molecule has 108 valence electrons. The highest BCUT2D eigenvalue weighted by molar-refractivity contribution is 5.92. The summed E-state index contributed by atoms with van der Waals surface area (Å²) in [6, 6.07) is 5.20. The third-order valence-corrected chi connectivity index (χ3v) is 3.31. The molecule has 2 aromatic rings. The average molecular weight is 277 g/mol. The maximum absolute atomic E-state index is 12.1. The van der Waals surface area contributed by atoms with Crippen LogP contribution >= 0.6 is 0 Å². The van der Waals surface area contributed by atoms with Gasteiger partial charge in [0.1, 0.15) is 5.76 Å². The van der Waals surface area contributed by atoms with Crippen molar-refractivity contribution in [1.29, 1.82) is 0 Å². The molecule has 0 aliphatic rings. The standard InChI is InChI=1S/C14H19N3O3/c1-3-14(2,10-18)16-13(19)12-6-5-11(20-12)9-17-8-4-7-15-17/h4-8,18H,3,9-10H2,1-2H3,(H,16,19). The number of amides is 1. The van der Waals surface area contributed by atoms with Crippen LogP contribution in [0.5, 0.6) is 0 Å². The SMILES string of the molecule is CCC(C)(CO)NC(=O)c1ccc(Cn2cccn2)o1. The summed E-state index contributed by atoms with van der Waals surface area (Å²) in [7, 11) is 0. The number of carbonyl (C=O) groups excluding carboxylic acids is 1. The quantitative estimate of drug-likeness (QED) is 0.836. The van der Waals surface area contributed by atoms with Crippen LogP contribution in [0.4, 0.5) is 0 Å². The van der Waals surface area contributed by atoms with E-state index in [0.29, 0.717) is 18.7 Å². The van der Waals surface area contributed by atoms with Crippen molar-refractivity contribution in [2.75, 3.05) is 6.61 Å². The van der Waals surface area contributed by atoms with Crippen molar-refractivity contribution in [3.63, 3.8) is 0 Å². The minimum absolute atomic E-state index is 0.115. The first-order valence-electron chi connectivity index (χ1n) is 6.56. The van der Waals surface area contributed by atoms with E-state index in [1.807, 2.05) is 19.2 Å². The maximum atomic E-state index is 12.1. The maximum Gasteiger partial charge on any atom is 0.287 e. The van der Waals surface area contributed by atoms with Crippen LogP contribution in [0.1, 0.15) is 36.6 Å². The van der Waals surface area contributed by atoms with Gasteiger partial charge < -0.3 is 14.8 Å². The highest BCUT2D eigenvalue weighted by Gasteiger charge is 2.25. The Hall–Kier alpha value is -2.08. The molecule has 0 aliphatic carbocycles. The number of aliphatic hydroxyl groups is 1. The van der Waals surface area contributed by atoms with E-state index in [2.05, 4.69) is 10.4 Å². The van der Waals surface area contributed by atoms with Gasteiger partial charge in [-0.25, -0.2) is 0 Å². The number of nitrogens with zero attached hydrogens (tertiary/aromatic N) is 2. The summed E-state index contributed by atoms with van der Waals surface area (Å²) < 4.78 is 7.21. The fourth-order valence-corrected chi connectivity index (χ4v) is 1.71. The van der Waals surface area contributed by atoms with Gasteiger partial charge in [-0.05, 0) is 31.5 Å². The highest BCUT2D eigenvalue weighted by Crippen LogP contribution is 2.13. The Kier molecular flexibility index (Phi) is 4.24. The van der Waals surface area contributed by atoms with Gasteiger partial charge in [0.05, 0.1) is 18.7 Å². The molecule has 0 aromatic carbocycles. The normalized spacial score (nSPS) is 13.9. The zero-order valence-corrected chi connectivity index (χ0v) is 11.7. The van der Waals surface area contributed by atoms with Crippen molar-refractivity contribution >= 4 is 5.91 Å². The van der Waals surface area contributed by atoms with Crippen LogP contribution in [0.2, 0.25) is 0 Å². The summed E-state index contributed by atoms with van der Waals surface area (Å²) in [5.41, 5.74) is -0.633. The fourth-order valence-electron chi connectivity index (χ4n) is 1.71. The molecule has 2 aromatic heterocycles. The van der Waals surface area contributed by atoms with E-state index in [-0.39, 0.29) is 18.3 Å². The number of furan rings is 1. The number of aromatic nitrogens is 2. The summed E-state index contributed by atoms with van der Waals surface area (Å²) in [5, 5.41) is 16.2. The molecule has 6 nitrogen and oxygen atoms in total. The van der Waals surface area contributed by atoms with Crippen LogP contribution in [0, 0.1) is 0 Å². The van der Waals surface area contributed by atoms with Gasteiger partial charge in [0, 0.05) is 12.4 Å². The summed E-state index contributed by atoms with van der Waals surface area (Å²) >= 11 is 0. The Morgan fingerprint density at radius 2 is 2.35 bits per heavy atom. The number of hydrogen-bond acceptors (Lipinski definition) is 4. The van der Waals surface area contributed by atoms with Crippen LogP contribution in [0.25, 0.3) is 0 Å². The van der Waals surface area contributed by atoms with Crippen molar-refractivity contribution in [3.8, 4) is 0 Å². The van der Waals surface area contributed by atoms with Gasteiger partial charge in [-0.1, -0.05) is 6.92 Å². The van der Waals surface area contributed by atoms with Gasteiger partial charge in [0.2, 0.25) is 0 Å². The second-order valence-corrected chi connectivity index (χ2v) is 5.00. The van der Waals surface area contributed by atoms with E-state index >= 15 is 0 Å². The van der Waals surface area contributed by atoms with Gasteiger partial charge in [0.25, 0.3) is 5.91 Å². The molecule has 6 heteroatoms. The number of nitrogens with one attached hydrogen (secondary N) is 1. The highest BCUT2D eigenvalue weighted by atomic mass is 16.4. The first kappa shape index (κ1) is 14.3. The van der Waals surface area contributed by atoms with Crippen molar-refractivity contribution in [1.82, 2.24) is 15.1 Å². The Balaban J connectivity index is 2.03. The Morgan fingerprint density at radius 1 is 1.55 bits per heavy atom. The molecule has 0 fully saturated rings. The minimum Gasteiger partial charge on any atom is -0.454 e. The average Bonchev–Trinajstić information content (AvgIpc) is 3.10. The van der Waals surface area contributed by atoms with E-state index < -0.39 is 5.54 Å². The molecule has 0 aliphatic heterocycles. The van der Waals surface area contributed by atoms with E-state index in [9.17, 15) is 9.90 Å². The van der Waals surface area contributed by atoms with Gasteiger partial charge in [0.15, 0.2) is 5.76 Å². The zero-order valence-electron chi connectivity index (χ0n) is 11.7. The van der Waals surface area contributed by atoms with Crippen LogP contribution < -0.4 is 5.32 Å². The van der Waals surface area contributed by atoms with Gasteiger partial charge in [-0.15, -0.1) is 0 Å². The summed E-state index contributed by atoms with van der Waals surface area (Å²) in [6.07, 6.45) is 4.14. The van der Waals surface area contributed by atoms with Crippen LogP contribution in [-0.4, -0.2) is 32.9 Å². The lowest BCUT2D eigenvalue weighted by atomic mass is 10.0. The molecule has 1 amide bonds. The Labute approximate surface area is 117 Å². The molecular weight excluding hydrogens is 258 g/mol. The third-order valence-electron chi connectivity index (χ3n) is 3.31. The number of aliphatic hydroxyl groups excluding tert-OH is 1. The fraction of sp³-hybridized carbons (Fsp3) is 0.429. The molecule has 0 spiro atoms. The predicted octanol–water partition coefficient (Wildman–Crippen LogP) is 1.42. The smallest absolute Gasteiger partial charge is 0.287 e. The monoisotopic (exact) mass is 277 g/mol. The van der Waals surface area contributed by atoms with E-state index in [1.165, 1.54) is 0 Å². The number of hydrogen-bond donors (Lipinski definition) is 2. The topological polar surface area (TPSA) is 80.3 Å². The van der Waals surface area contributed by atoms with E-state index in [1.54, 1.807) is 29.9 Å². The summed E-state index contributed by atoms with van der Waals surface area (Å²) in [4.78, 5) is 12.1. The molecule has 2 heterocycles. The molecule has 1 unspecified atom stereocenters. The molecule has 1 atom stereocenters. The van der Waals surface area contributed by atoms with Crippen LogP contribution in [0.15, 0.2) is 35.0 Å². The van der Waals surface area contributed by atoms with E-state index in [4.69, 9.17) is 4.42 Å². The molecule has 0 bridgehead atoms. The third kappa shape index (κ3) is 3.27. The zero-order chi connectivity index (χ0) is 14.6. The first-order chi connectivity index (χ1) is 9.56. The molecule has 0 saturated carbocycles. The van der Waals surface area contributed by atoms with Gasteiger partial charge in [-0.2, -0.15) is 5.10 Å². The molecule has 2 N–H and O–H groups in total. The van der Waals surface area contributed by atoms with Gasteiger partial charge >= 0.3 is 0 Å². The molecular formula is C14H19N3O3. The molecule has 0 saturated heterocycles. The van der Waals surface area contributed by atoms with Crippen LogP contribution in [0.3, 0.4) is 0 Å². The Morgan fingerprint density at radius 3 is 2.95 bits per heavy atom. The predicted molar refractivity (Wildman–Crippen MR) is 73.3 cm³/mol. The van der Waals surface area contributed by atoms with Crippen molar-refractivity contribution in [2.45, 2.75) is 32.4 Å². The number of carbonyl (C=O) groups is 1. The second kappa shape index (κ2) is 5.92. The van der Waals surface area contributed by atoms with Gasteiger partial charge in [-0.3, -0.25) is 9.48 Å². The lowest BCUT2D eigenvalue weighted by Gasteiger charge is -2.26. The van der Waals surface area contributed by atoms with Crippen LogP contribution in [-0.2, 0) is 6.54 Å².